The Morgan fingerprint density at radius 3 is 2.43 bits per heavy atom. The normalized spacial score (nSPS) is 13.4. The van der Waals surface area contributed by atoms with Gasteiger partial charge >= 0.3 is 21.3 Å². The van der Waals surface area contributed by atoms with Gasteiger partial charge in [0.25, 0.3) is 0 Å². The molecule has 3 aromatic rings. The van der Waals surface area contributed by atoms with E-state index >= 15 is 0 Å². The van der Waals surface area contributed by atoms with Gasteiger partial charge in [0.05, 0.1) is 6.10 Å². The van der Waals surface area contributed by atoms with E-state index in [4.69, 9.17) is 27.6 Å². The van der Waals surface area contributed by atoms with Crippen LogP contribution < -0.4 is 9.81 Å². The van der Waals surface area contributed by atoms with E-state index < -0.39 is 33.1 Å². The van der Waals surface area contributed by atoms with Crippen molar-refractivity contribution in [3.63, 3.8) is 0 Å². The monoisotopic (exact) mass is 482 g/mol. The van der Waals surface area contributed by atoms with Crippen LogP contribution >= 0.6 is 23.2 Å². The second-order valence-electron chi connectivity index (χ2n) is 6.12. The van der Waals surface area contributed by atoms with Gasteiger partial charge in [0.2, 0.25) is 0 Å². The lowest BCUT2D eigenvalue weighted by Gasteiger charge is -2.14. The third kappa shape index (κ3) is 4.72. The molecule has 1 unspecified atom stereocenters. The molecule has 0 aliphatic rings. The lowest BCUT2D eigenvalue weighted by atomic mass is 9.99. The Morgan fingerprint density at radius 2 is 1.80 bits per heavy atom. The van der Waals surface area contributed by atoms with Crippen LogP contribution in [0.2, 0.25) is 10.0 Å². The molecule has 1 N–H and O–H groups in total. The third-order valence-electron chi connectivity index (χ3n) is 4.03. The third-order valence-corrected chi connectivity index (χ3v) is 5.57. The molecule has 0 radical (unpaired) electrons. The van der Waals surface area contributed by atoms with E-state index in [0.29, 0.717) is 16.1 Å². The van der Waals surface area contributed by atoms with Crippen LogP contribution in [0, 0.1) is 0 Å². The first-order valence-electron chi connectivity index (χ1n) is 8.08. The summed E-state index contributed by atoms with van der Waals surface area (Å²) in [5, 5.41) is 11.3. The van der Waals surface area contributed by atoms with Crippen molar-refractivity contribution in [1.29, 1.82) is 0 Å². The molecule has 2 aromatic carbocycles. The second kappa shape index (κ2) is 8.10. The largest absolute Gasteiger partial charge is 0.534 e. The molecule has 0 spiro atoms. The Bertz CT molecular complexity index is 1270. The number of aliphatic hydroxyl groups is 1. The Morgan fingerprint density at radius 1 is 1.10 bits per heavy atom. The number of fused-ring (bicyclic) bond motifs is 1. The van der Waals surface area contributed by atoms with E-state index in [9.17, 15) is 31.5 Å². The number of aliphatic hydroxyl groups excluding tert-OH is 1. The first kappa shape index (κ1) is 22.4. The summed E-state index contributed by atoms with van der Waals surface area (Å²) in [6.45, 7) is 0. The van der Waals surface area contributed by atoms with Crippen LogP contribution in [-0.2, 0) is 16.5 Å². The summed E-state index contributed by atoms with van der Waals surface area (Å²) in [4.78, 5) is 11.9. The first-order valence-corrected chi connectivity index (χ1v) is 10.2. The summed E-state index contributed by atoms with van der Waals surface area (Å²) in [6.07, 6.45) is -1.23. The SMILES string of the molecule is O=c1cc(CC(O)c2ccc(Cl)cc2Cl)c2ccc(OS(=O)(=O)C(F)(F)F)cc2o1. The zero-order chi connectivity index (χ0) is 22.3. The first-order chi connectivity index (χ1) is 13.9. The minimum Gasteiger partial charge on any atom is -0.423 e. The Kier molecular flexibility index (Phi) is 6.06. The summed E-state index contributed by atoms with van der Waals surface area (Å²) >= 11 is 11.9. The molecule has 1 heterocycles. The van der Waals surface area contributed by atoms with E-state index in [0.717, 1.165) is 18.2 Å². The van der Waals surface area contributed by atoms with Crippen molar-refractivity contribution in [3.8, 4) is 5.75 Å². The van der Waals surface area contributed by atoms with Crippen LogP contribution in [0.25, 0.3) is 11.0 Å². The van der Waals surface area contributed by atoms with Crippen LogP contribution in [0.15, 0.2) is 51.7 Å². The van der Waals surface area contributed by atoms with E-state index in [1.165, 1.54) is 24.3 Å². The molecule has 0 saturated heterocycles. The van der Waals surface area contributed by atoms with Crippen molar-refractivity contribution < 1.29 is 35.3 Å². The molecule has 0 aliphatic carbocycles. The molecule has 0 bridgehead atoms. The van der Waals surface area contributed by atoms with Crippen LogP contribution in [-0.4, -0.2) is 19.0 Å². The van der Waals surface area contributed by atoms with E-state index in [-0.39, 0.29) is 22.4 Å². The van der Waals surface area contributed by atoms with Crippen molar-refractivity contribution >= 4 is 44.3 Å². The van der Waals surface area contributed by atoms with Gasteiger partial charge in [-0.25, -0.2) is 4.79 Å². The molecule has 6 nitrogen and oxygen atoms in total. The highest BCUT2D eigenvalue weighted by atomic mass is 35.5. The van der Waals surface area contributed by atoms with Gasteiger partial charge in [0.15, 0.2) is 0 Å². The number of hydrogen-bond donors (Lipinski definition) is 1. The smallest absolute Gasteiger partial charge is 0.423 e. The van der Waals surface area contributed by atoms with Gasteiger partial charge in [-0.1, -0.05) is 29.3 Å². The summed E-state index contributed by atoms with van der Waals surface area (Å²) < 4.78 is 68.8. The number of benzene rings is 2. The van der Waals surface area contributed by atoms with Crippen molar-refractivity contribution in [2.24, 2.45) is 0 Å². The maximum absolute atomic E-state index is 12.5. The fraction of sp³-hybridized carbons (Fsp3) is 0.167. The topological polar surface area (TPSA) is 93.8 Å². The quantitative estimate of drug-likeness (QED) is 0.324. The predicted molar refractivity (Wildman–Crippen MR) is 103 cm³/mol. The second-order valence-corrected chi connectivity index (χ2v) is 8.50. The predicted octanol–water partition coefficient (Wildman–Crippen LogP) is 4.60. The summed E-state index contributed by atoms with van der Waals surface area (Å²) in [7, 11) is -5.89. The molecule has 1 aromatic heterocycles. The molecule has 0 saturated carbocycles. The molecule has 12 heteroatoms. The summed E-state index contributed by atoms with van der Waals surface area (Å²) in [5.41, 5.74) is -6.06. The average molecular weight is 483 g/mol. The van der Waals surface area contributed by atoms with Gasteiger partial charge in [0.1, 0.15) is 11.3 Å². The van der Waals surface area contributed by atoms with Gasteiger partial charge in [-0.3, -0.25) is 0 Å². The molecule has 0 amide bonds. The molecule has 0 fully saturated rings. The molecule has 3 rings (SSSR count). The number of halogens is 5. The molecule has 30 heavy (non-hydrogen) atoms. The van der Waals surface area contributed by atoms with Crippen LogP contribution in [0.5, 0.6) is 5.75 Å². The van der Waals surface area contributed by atoms with Crippen LogP contribution in [0.1, 0.15) is 17.2 Å². The van der Waals surface area contributed by atoms with Crippen LogP contribution in [0.4, 0.5) is 13.2 Å². The minimum atomic E-state index is -5.89. The van der Waals surface area contributed by atoms with E-state index in [1.807, 2.05) is 0 Å². The Hall–Kier alpha value is -2.27. The zero-order valence-electron chi connectivity index (χ0n) is 14.6. The lowest BCUT2D eigenvalue weighted by Crippen LogP contribution is -2.28. The van der Waals surface area contributed by atoms with Crippen molar-refractivity contribution in [2.45, 2.75) is 18.0 Å². The van der Waals surface area contributed by atoms with Gasteiger partial charge in [-0.15, -0.1) is 0 Å². The highest BCUT2D eigenvalue weighted by molar-refractivity contribution is 7.88. The minimum absolute atomic E-state index is 0.0928. The van der Waals surface area contributed by atoms with Crippen molar-refractivity contribution in [2.75, 3.05) is 0 Å². The number of hydrogen-bond acceptors (Lipinski definition) is 6. The summed E-state index contributed by atoms with van der Waals surface area (Å²) in [6, 6.07) is 8.59. The maximum atomic E-state index is 12.5. The number of rotatable bonds is 5. The van der Waals surface area contributed by atoms with Gasteiger partial charge in [-0.2, -0.15) is 21.6 Å². The fourth-order valence-corrected chi connectivity index (χ4v) is 3.68. The number of alkyl halides is 3. The lowest BCUT2D eigenvalue weighted by molar-refractivity contribution is -0.0500. The molecular formula is C18H11Cl2F3O6S. The average Bonchev–Trinajstić information content (AvgIpc) is 2.59. The van der Waals surface area contributed by atoms with Gasteiger partial charge in [0, 0.05) is 34.0 Å². The van der Waals surface area contributed by atoms with Gasteiger partial charge < -0.3 is 13.7 Å². The standard InChI is InChI=1S/C18H11Cl2F3O6S/c19-10-1-3-13(14(20)7-10)15(24)5-9-6-17(25)28-16-8-11(2-4-12(9)16)29-30(26,27)18(21,22)23/h1-4,6-8,15,24H,5H2. The van der Waals surface area contributed by atoms with E-state index in [2.05, 4.69) is 4.18 Å². The van der Waals surface area contributed by atoms with E-state index in [1.54, 1.807) is 0 Å². The van der Waals surface area contributed by atoms with Crippen molar-refractivity contribution in [1.82, 2.24) is 0 Å². The highest BCUT2D eigenvalue weighted by Gasteiger charge is 2.48. The molecule has 1 atom stereocenters. The van der Waals surface area contributed by atoms with Gasteiger partial charge in [-0.05, 0) is 35.4 Å². The molecule has 0 aliphatic heterocycles. The Labute approximate surface area is 177 Å². The highest BCUT2D eigenvalue weighted by Crippen LogP contribution is 2.32. The summed E-state index contributed by atoms with van der Waals surface area (Å²) in [5.74, 6) is -0.693. The molecule has 160 valence electrons. The van der Waals surface area contributed by atoms with Crippen molar-refractivity contribution in [3.05, 3.63) is 74.1 Å². The van der Waals surface area contributed by atoms with Crippen LogP contribution in [0.3, 0.4) is 0 Å². The molecular weight excluding hydrogens is 472 g/mol. The zero-order valence-corrected chi connectivity index (χ0v) is 16.9. The maximum Gasteiger partial charge on any atom is 0.534 e. The Balaban J connectivity index is 1.98. The fourth-order valence-electron chi connectivity index (χ4n) is 2.69.